The molecule has 1 N–H and O–H groups in total. The summed E-state index contributed by atoms with van der Waals surface area (Å²) in [4.78, 5) is 27.6. The van der Waals surface area contributed by atoms with Crippen LogP contribution in [0.5, 0.6) is 0 Å². The Kier molecular flexibility index (Phi) is 22.4. The average molecular weight is 400 g/mol. The van der Waals surface area contributed by atoms with E-state index in [1.807, 2.05) is 6.26 Å². The van der Waals surface area contributed by atoms with Crippen molar-refractivity contribution >= 4 is 30.9 Å². The van der Waals surface area contributed by atoms with Crippen LogP contribution in [0.15, 0.2) is 4.99 Å². The van der Waals surface area contributed by atoms with Gasteiger partial charge in [0, 0.05) is 25.6 Å². The summed E-state index contributed by atoms with van der Waals surface area (Å²) in [6.45, 7) is 4.34. The molecular weight excluding hydrogens is 358 g/mol. The first-order valence-electron chi connectivity index (χ1n) is 10.7. The molecule has 0 unspecified atom stereocenters. The van der Waals surface area contributed by atoms with E-state index < -0.39 is 0 Å². The number of carbonyl (C=O) groups is 2. The molecule has 0 fully saturated rings. The minimum Gasteiger partial charge on any atom is -0.321 e. The molecule has 5 nitrogen and oxygen atoms in total. The van der Waals surface area contributed by atoms with Crippen molar-refractivity contribution < 1.29 is 9.59 Å². The molecule has 0 saturated heterocycles. The van der Waals surface area contributed by atoms with E-state index in [-0.39, 0.29) is 0 Å². The summed E-state index contributed by atoms with van der Waals surface area (Å²) in [5, 5.41) is 0. The molecular formula is C21H41N3O2S. The zero-order chi connectivity index (χ0) is 19.8. The third kappa shape index (κ3) is 21.3. The summed E-state index contributed by atoms with van der Waals surface area (Å²) >= 11 is 1.56. The van der Waals surface area contributed by atoms with Gasteiger partial charge in [-0.3, -0.25) is 4.99 Å². The van der Waals surface area contributed by atoms with E-state index in [1.165, 1.54) is 64.5 Å². The Morgan fingerprint density at radius 1 is 0.741 bits per heavy atom. The molecule has 0 rings (SSSR count). The Bertz CT molecular complexity index is 332. The maximum Gasteiger partial charge on any atom is 0.119 e. The van der Waals surface area contributed by atoms with E-state index in [0.29, 0.717) is 12.8 Å². The summed E-state index contributed by atoms with van der Waals surface area (Å²) in [7, 11) is 0. The van der Waals surface area contributed by atoms with Gasteiger partial charge in [-0.25, -0.2) is 0 Å². The Morgan fingerprint density at radius 3 is 1.74 bits per heavy atom. The van der Waals surface area contributed by atoms with Crippen molar-refractivity contribution in [2.75, 3.05) is 32.4 Å². The molecule has 0 spiro atoms. The number of aliphatic imine (C=N–C) groups is 1. The van der Waals surface area contributed by atoms with Crippen molar-refractivity contribution in [3.63, 3.8) is 0 Å². The first kappa shape index (κ1) is 26.1. The largest absolute Gasteiger partial charge is 0.321 e. The van der Waals surface area contributed by atoms with Crippen LogP contribution in [0.3, 0.4) is 0 Å². The van der Waals surface area contributed by atoms with Crippen molar-refractivity contribution in [1.82, 2.24) is 9.62 Å². The molecule has 0 aliphatic carbocycles. The maximum atomic E-state index is 10.3. The first-order valence-corrected chi connectivity index (χ1v) is 11.9. The molecule has 158 valence electrons. The third-order valence-electron chi connectivity index (χ3n) is 4.62. The van der Waals surface area contributed by atoms with Crippen molar-refractivity contribution in [3.8, 4) is 0 Å². The number of aldehydes is 2. The molecule has 0 heterocycles. The van der Waals surface area contributed by atoms with Gasteiger partial charge in [-0.05, 0) is 51.7 Å². The second kappa shape index (κ2) is 23.2. The van der Waals surface area contributed by atoms with E-state index in [4.69, 9.17) is 0 Å². The first-order chi connectivity index (χ1) is 13.3. The van der Waals surface area contributed by atoms with Gasteiger partial charge >= 0.3 is 0 Å². The van der Waals surface area contributed by atoms with Crippen molar-refractivity contribution in [3.05, 3.63) is 0 Å². The van der Waals surface area contributed by atoms with Gasteiger partial charge in [-0.15, -0.1) is 0 Å². The van der Waals surface area contributed by atoms with E-state index in [1.54, 1.807) is 18.3 Å². The van der Waals surface area contributed by atoms with Crippen LogP contribution in [0.4, 0.5) is 0 Å². The lowest BCUT2D eigenvalue weighted by atomic mass is 10.1. The van der Waals surface area contributed by atoms with Crippen LogP contribution >= 0.6 is 11.9 Å². The fourth-order valence-corrected chi connectivity index (χ4v) is 3.24. The molecule has 0 bridgehead atoms. The molecule has 0 saturated carbocycles. The molecule has 0 radical (unpaired) electrons. The SMILES string of the molecule is CSNC=NCCCN(CCCCCCCC=O)CCCCCCCC=O. The number of unbranched alkanes of at least 4 members (excludes halogenated alkanes) is 10. The lowest BCUT2D eigenvalue weighted by Crippen LogP contribution is -2.27. The van der Waals surface area contributed by atoms with Gasteiger partial charge in [-0.1, -0.05) is 50.5 Å². The van der Waals surface area contributed by atoms with Crippen LogP contribution in [0.1, 0.15) is 83.5 Å². The Hall–Kier alpha value is -0.880. The van der Waals surface area contributed by atoms with Crippen LogP contribution in [0, 0.1) is 0 Å². The smallest absolute Gasteiger partial charge is 0.119 e. The minimum atomic E-state index is 0.713. The minimum absolute atomic E-state index is 0.713. The highest BCUT2D eigenvalue weighted by Crippen LogP contribution is 2.09. The standard InChI is InChI=1S/C21H41N3O2S/c1-27-23-21-22-15-14-18-24(16-10-6-2-4-8-12-19-25)17-11-7-3-5-9-13-20-26/h19-21H,2-18H2,1H3,(H,22,23). The predicted molar refractivity (Wildman–Crippen MR) is 119 cm³/mol. The van der Waals surface area contributed by atoms with Crippen LogP contribution < -0.4 is 4.72 Å². The van der Waals surface area contributed by atoms with Crippen LogP contribution in [0.25, 0.3) is 0 Å². The Labute approximate surface area is 171 Å². The molecule has 27 heavy (non-hydrogen) atoms. The summed E-state index contributed by atoms with van der Waals surface area (Å²) in [6, 6.07) is 0. The fraction of sp³-hybridized carbons (Fsp3) is 0.857. The number of nitrogens with one attached hydrogen (secondary N) is 1. The zero-order valence-electron chi connectivity index (χ0n) is 17.4. The second-order valence-corrected chi connectivity index (χ2v) is 7.64. The number of hydrogen-bond acceptors (Lipinski definition) is 5. The van der Waals surface area contributed by atoms with Crippen molar-refractivity contribution in [1.29, 1.82) is 0 Å². The summed E-state index contributed by atoms with van der Waals surface area (Å²) in [5.74, 6) is 0. The van der Waals surface area contributed by atoms with Gasteiger partial charge in [0.15, 0.2) is 0 Å². The number of rotatable bonds is 22. The summed E-state index contributed by atoms with van der Waals surface area (Å²) < 4.78 is 3.03. The zero-order valence-corrected chi connectivity index (χ0v) is 18.2. The molecule has 0 aliphatic heterocycles. The van der Waals surface area contributed by atoms with E-state index in [0.717, 1.165) is 44.9 Å². The molecule has 0 amide bonds. The van der Waals surface area contributed by atoms with Gasteiger partial charge in [0.05, 0.1) is 6.34 Å². The molecule has 0 aromatic rings. The highest BCUT2D eigenvalue weighted by Gasteiger charge is 2.04. The second-order valence-electron chi connectivity index (χ2n) is 7.00. The Balaban J connectivity index is 3.87. The summed E-state index contributed by atoms with van der Waals surface area (Å²) in [5.41, 5.74) is 0. The van der Waals surface area contributed by atoms with Crippen LogP contribution in [0.2, 0.25) is 0 Å². The van der Waals surface area contributed by atoms with Gasteiger partial charge < -0.3 is 19.2 Å². The monoisotopic (exact) mass is 399 g/mol. The van der Waals surface area contributed by atoms with Gasteiger partial charge in [0.25, 0.3) is 0 Å². The highest BCUT2D eigenvalue weighted by molar-refractivity contribution is 7.97. The van der Waals surface area contributed by atoms with E-state index in [9.17, 15) is 9.59 Å². The Morgan fingerprint density at radius 2 is 1.22 bits per heavy atom. The third-order valence-corrected chi connectivity index (χ3v) is 4.96. The molecule has 6 heteroatoms. The lowest BCUT2D eigenvalue weighted by Gasteiger charge is -2.22. The maximum absolute atomic E-state index is 10.3. The van der Waals surface area contributed by atoms with Gasteiger partial charge in [-0.2, -0.15) is 0 Å². The van der Waals surface area contributed by atoms with Crippen LogP contribution in [-0.4, -0.2) is 56.2 Å². The number of hydrogen-bond donors (Lipinski definition) is 1. The van der Waals surface area contributed by atoms with Crippen LogP contribution in [-0.2, 0) is 9.59 Å². The van der Waals surface area contributed by atoms with Crippen molar-refractivity contribution in [2.24, 2.45) is 4.99 Å². The fourth-order valence-electron chi connectivity index (χ4n) is 3.06. The lowest BCUT2D eigenvalue weighted by molar-refractivity contribution is -0.108. The van der Waals surface area contributed by atoms with Gasteiger partial charge in [0.1, 0.15) is 12.6 Å². The number of nitrogens with zero attached hydrogens (tertiary/aromatic N) is 2. The molecule has 0 aliphatic rings. The van der Waals surface area contributed by atoms with E-state index >= 15 is 0 Å². The molecule has 0 atom stereocenters. The quantitative estimate of drug-likeness (QED) is 0.0943. The normalized spacial score (nSPS) is 11.3. The van der Waals surface area contributed by atoms with Crippen molar-refractivity contribution in [2.45, 2.75) is 83.5 Å². The highest BCUT2D eigenvalue weighted by atomic mass is 32.2. The number of carbonyl (C=O) groups excluding carboxylic acids is 2. The average Bonchev–Trinajstić information content (AvgIpc) is 2.68. The topological polar surface area (TPSA) is 61.8 Å². The summed E-state index contributed by atoms with van der Waals surface area (Å²) in [6.07, 6.45) is 20.3. The predicted octanol–water partition coefficient (Wildman–Crippen LogP) is 4.65. The molecule has 0 aromatic heterocycles. The molecule has 0 aromatic carbocycles. The van der Waals surface area contributed by atoms with Gasteiger partial charge in [0.2, 0.25) is 0 Å². The van der Waals surface area contributed by atoms with E-state index in [2.05, 4.69) is 14.6 Å².